The van der Waals surface area contributed by atoms with Crippen LogP contribution in [0.25, 0.3) is 0 Å². The molecule has 0 aromatic carbocycles. The molecule has 78 valence electrons. The minimum Gasteiger partial charge on any atom is -0.397 e. The fourth-order valence-corrected chi connectivity index (χ4v) is 1.25. The van der Waals surface area contributed by atoms with Gasteiger partial charge in [0.15, 0.2) is 0 Å². The highest BCUT2D eigenvalue weighted by atomic mass is 14.9. The van der Waals surface area contributed by atoms with Gasteiger partial charge in [0, 0.05) is 25.0 Å². The molecule has 4 nitrogen and oxygen atoms in total. The summed E-state index contributed by atoms with van der Waals surface area (Å²) < 4.78 is 0. The first-order valence-electron chi connectivity index (χ1n) is 4.91. The van der Waals surface area contributed by atoms with Crippen LogP contribution in [0.15, 0.2) is 24.5 Å². The van der Waals surface area contributed by atoms with E-state index in [1.807, 2.05) is 0 Å². The summed E-state index contributed by atoms with van der Waals surface area (Å²) in [6.07, 6.45) is 5.75. The molecule has 1 aromatic heterocycles. The zero-order valence-corrected chi connectivity index (χ0v) is 8.32. The summed E-state index contributed by atoms with van der Waals surface area (Å²) in [6, 6.07) is 4.02. The van der Waals surface area contributed by atoms with Crippen LogP contribution in [-0.4, -0.2) is 24.1 Å². The summed E-state index contributed by atoms with van der Waals surface area (Å²) in [7, 11) is 0. The molecular weight excluding hydrogens is 176 g/mol. The first-order valence-corrected chi connectivity index (χ1v) is 4.91. The predicted molar refractivity (Wildman–Crippen MR) is 58.7 cm³/mol. The SMILES string of the molecule is NC1CCCNC1.Nc1cccnc1. The predicted octanol–water partition coefficient (Wildman–Crippen LogP) is 0.361. The van der Waals surface area contributed by atoms with E-state index in [-0.39, 0.29) is 0 Å². The van der Waals surface area contributed by atoms with Gasteiger partial charge in [0.05, 0.1) is 5.69 Å². The van der Waals surface area contributed by atoms with Gasteiger partial charge in [-0.2, -0.15) is 0 Å². The number of nitrogens with zero attached hydrogens (tertiary/aromatic N) is 1. The standard InChI is InChI=1S/C5H12N2.C5H6N2/c2*6-5-2-1-3-7-4-5/h5,7H,1-4,6H2;1-4H,6H2. The summed E-state index contributed by atoms with van der Waals surface area (Å²) in [6.45, 7) is 2.17. The molecule has 1 aliphatic rings. The lowest BCUT2D eigenvalue weighted by molar-refractivity contribution is 0.459. The molecule has 2 heterocycles. The van der Waals surface area contributed by atoms with Crippen molar-refractivity contribution in [3.63, 3.8) is 0 Å². The molecule has 5 N–H and O–H groups in total. The Morgan fingerprint density at radius 2 is 2.36 bits per heavy atom. The normalized spacial score (nSPS) is 20.8. The number of nitrogen functional groups attached to an aromatic ring is 1. The fourth-order valence-electron chi connectivity index (χ4n) is 1.25. The first-order chi connectivity index (χ1) is 6.79. The molecule has 0 radical (unpaired) electrons. The Morgan fingerprint density at radius 3 is 2.64 bits per heavy atom. The van der Waals surface area contributed by atoms with Crippen molar-refractivity contribution in [2.24, 2.45) is 5.73 Å². The lowest BCUT2D eigenvalue weighted by atomic mass is 10.1. The summed E-state index contributed by atoms with van der Waals surface area (Å²) in [5, 5.41) is 3.21. The Balaban J connectivity index is 0.000000140. The Hall–Kier alpha value is -1.13. The van der Waals surface area contributed by atoms with E-state index in [9.17, 15) is 0 Å². The third kappa shape index (κ3) is 4.79. The molecule has 0 aliphatic carbocycles. The van der Waals surface area contributed by atoms with E-state index in [2.05, 4.69) is 10.3 Å². The third-order valence-corrected chi connectivity index (χ3v) is 2.02. The number of rotatable bonds is 0. The Morgan fingerprint density at radius 1 is 1.50 bits per heavy atom. The maximum Gasteiger partial charge on any atom is 0.0500 e. The molecular formula is C10H18N4. The number of anilines is 1. The number of hydrogen-bond acceptors (Lipinski definition) is 4. The second kappa shape index (κ2) is 6.34. The topological polar surface area (TPSA) is 77.0 Å². The molecule has 0 bridgehead atoms. The zero-order valence-electron chi connectivity index (χ0n) is 8.32. The average molecular weight is 194 g/mol. The van der Waals surface area contributed by atoms with Gasteiger partial charge in [0.1, 0.15) is 0 Å². The van der Waals surface area contributed by atoms with Crippen molar-refractivity contribution >= 4 is 5.69 Å². The number of piperidine rings is 1. The van der Waals surface area contributed by atoms with Gasteiger partial charge in [-0.05, 0) is 31.5 Å². The van der Waals surface area contributed by atoms with Crippen molar-refractivity contribution in [1.82, 2.24) is 10.3 Å². The van der Waals surface area contributed by atoms with Crippen molar-refractivity contribution in [2.75, 3.05) is 18.8 Å². The Labute approximate surface area is 84.7 Å². The van der Waals surface area contributed by atoms with Gasteiger partial charge in [-0.1, -0.05) is 0 Å². The van der Waals surface area contributed by atoms with E-state index in [0.29, 0.717) is 11.7 Å². The number of pyridine rings is 1. The quantitative estimate of drug-likeness (QED) is 0.557. The van der Waals surface area contributed by atoms with Crippen LogP contribution in [-0.2, 0) is 0 Å². The van der Waals surface area contributed by atoms with Crippen LogP contribution >= 0.6 is 0 Å². The van der Waals surface area contributed by atoms with Crippen molar-refractivity contribution < 1.29 is 0 Å². The molecule has 0 saturated carbocycles. The Kier molecular flexibility index (Phi) is 4.96. The second-order valence-corrected chi connectivity index (χ2v) is 3.39. The highest BCUT2D eigenvalue weighted by molar-refractivity contribution is 5.32. The average Bonchev–Trinajstić information content (AvgIpc) is 2.21. The van der Waals surface area contributed by atoms with E-state index in [1.165, 1.54) is 12.8 Å². The molecule has 14 heavy (non-hydrogen) atoms. The smallest absolute Gasteiger partial charge is 0.0500 e. The fraction of sp³-hybridized carbons (Fsp3) is 0.500. The van der Waals surface area contributed by atoms with Crippen molar-refractivity contribution in [3.05, 3.63) is 24.5 Å². The zero-order chi connectivity index (χ0) is 10.2. The molecule has 0 spiro atoms. The summed E-state index contributed by atoms with van der Waals surface area (Å²) in [4.78, 5) is 3.76. The molecule has 2 rings (SSSR count). The third-order valence-electron chi connectivity index (χ3n) is 2.02. The second-order valence-electron chi connectivity index (χ2n) is 3.39. The molecule has 1 unspecified atom stereocenters. The highest BCUT2D eigenvalue weighted by Gasteiger charge is 2.05. The maximum absolute atomic E-state index is 5.57. The monoisotopic (exact) mass is 194 g/mol. The molecule has 1 saturated heterocycles. The maximum atomic E-state index is 5.57. The Bertz CT molecular complexity index is 231. The minimum absolute atomic E-state index is 0.425. The molecule has 1 atom stereocenters. The summed E-state index contributed by atoms with van der Waals surface area (Å²) >= 11 is 0. The van der Waals surface area contributed by atoms with Gasteiger partial charge < -0.3 is 16.8 Å². The van der Waals surface area contributed by atoms with Crippen LogP contribution in [0.4, 0.5) is 5.69 Å². The van der Waals surface area contributed by atoms with Crippen LogP contribution < -0.4 is 16.8 Å². The van der Waals surface area contributed by atoms with Gasteiger partial charge in [0.2, 0.25) is 0 Å². The van der Waals surface area contributed by atoms with Gasteiger partial charge in [0.25, 0.3) is 0 Å². The lowest BCUT2D eigenvalue weighted by Crippen LogP contribution is -2.39. The molecule has 1 aromatic rings. The molecule has 0 amide bonds. The van der Waals surface area contributed by atoms with Crippen LogP contribution in [0.5, 0.6) is 0 Å². The first kappa shape index (κ1) is 10.9. The van der Waals surface area contributed by atoms with Gasteiger partial charge in [-0.3, -0.25) is 4.98 Å². The number of nitrogens with one attached hydrogen (secondary N) is 1. The van der Waals surface area contributed by atoms with Crippen molar-refractivity contribution in [2.45, 2.75) is 18.9 Å². The minimum atomic E-state index is 0.425. The van der Waals surface area contributed by atoms with Crippen LogP contribution in [0.3, 0.4) is 0 Å². The summed E-state index contributed by atoms with van der Waals surface area (Å²) in [5.41, 5.74) is 11.6. The molecule has 4 heteroatoms. The highest BCUT2D eigenvalue weighted by Crippen LogP contribution is 1.96. The van der Waals surface area contributed by atoms with E-state index in [0.717, 1.165) is 13.1 Å². The van der Waals surface area contributed by atoms with E-state index >= 15 is 0 Å². The number of aromatic nitrogens is 1. The van der Waals surface area contributed by atoms with E-state index in [4.69, 9.17) is 11.5 Å². The van der Waals surface area contributed by atoms with E-state index in [1.54, 1.807) is 24.5 Å². The van der Waals surface area contributed by atoms with Crippen molar-refractivity contribution in [3.8, 4) is 0 Å². The summed E-state index contributed by atoms with van der Waals surface area (Å²) in [5.74, 6) is 0. The van der Waals surface area contributed by atoms with Crippen molar-refractivity contribution in [1.29, 1.82) is 0 Å². The number of hydrogen-bond donors (Lipinski definition) is 3. The lowest BCUT2D eigenvalue weighted by Gasteiger charge is -2.17. The van der Waals surface area contributed by atoms with Gasteiger partial charge in [-0.15, -0.1) is 0 Å². The van der Waals surface area contributed by atoms with Crippen LogP contribution in [0, 0.1) is 0 Å². The van der Waals surface area contributed by atoms with Crippen LogP contribution in [0.2, 0.25) is 0 Å². The molecule has 1 aliphatic heterocycles. The van der Waals surface area contributed by atoms with Gasteiger partial charge >= 0.3 is 0 Å². The largest absolute Gasteiger partial charge is 0.397 e. The van der Waals surface area contributed by atoms with Gasteiger partial charge in [-0.25, -0.2) is 0 Å². The van der Waals surface area contributed by atoms with Crippen LogP contribution in [0.1, 0.15) is 12.8 Å². The van der Waals surface area contributed by atoms with E-state index < -0.39 is 0 Å². The molecule has 1 fully saturated rings. The number of nitrogens with two attached hydrogens (primary N) is 2.